The van der Waals surface area contributed by atoms with Crippen LogP contribution in [0.4, 0.5) is 0 Å². The summed E-state index contributed by atoms with van der Waals surface area (Å²) in [5.41, 5.74) is 2.71. The SMILES string of the molecule is Cc1cccc(CCc2nncn2C2CC2)c1. The fraction of sp³-hybridized carbons (Fsp3) is 0.429. The molecule has 0 radical (unpaired) electrons. The van der Waals surface area contributed by atoms with Crippen molar-refractivity contribution in [3.8, 4) is 0 Å². The van der Waals surface area contributed by atoms with Gasteiger partial charge in [-0.3, -0.25) is 0 Å². The highest BCUT2D eigenvalue weighted by Gasteiger charge is 2.25. The molecule has 0 saturated heterocycles. The van der Waals surface area contributed by atoms with Gasteiger partial charge in [0.2, 0.25) is 0 Å². The predicted octanol–water partition coefficient (Wildman–Crippen LogP) is 2.71. The minimum Gasteiger partial charge on any atom is -0.314 e. The lowest BCUT2D eigenvalue weighted by molar-refractivity contribution is 0.673. The van der Waals surface area contributed by atoms with Crippen molar-refractivity contribution < 1.29 is 0 Å². The second-order valence-corrected chi connectivity index (χ2v) is 4.87. The van der Waals surface area contributed by atoms with Gasteiger partial charge < -0.3 is 4.57 Å². The molecule has 2 aromatic rings. The summed E-state index contributed by atoms with van der Waals surface area (Å²) in [6.07, 6.45) is 6.49. The molecule has 1 heterocycles. The number of nitrogens with zero attached hydrogens (tertiary/aromatic N) is 3. The maximum Gasteiger partial charge on any atom is 0.133 e. The van der Waals surface area contributed by atoms with Gasteiger partial charge in [-0.25, -0.2) is 0 Å². The molecule has 0 bridgehead atoms. The summed E-state index contributed by atoms with van der Waals surface area (Å²) in [5.74, 6) is 1.13. The van der Waals surface area contributed by atoms with Crippen molar-refractivity contribution in [2.45, 2.75) is 38.6 Å². The highest BCUT2D eigenvalue weighted by molar-refractivity contribution is 5.22. The van der Waals surface area contributed by atoms with E-state index in [1.54, 1.807) is 0 Å². The molecule has 1 saturated carbocycles. The van der Waals surface area contributed by atoms with Crippen molar-refractivity contribution in [1.29, 1.82) is 0 Å². The average Bonchev–Trinajstić information content (AvgIpc) is 3.06. The Morgan fingerprint density at radius 2 is 2.18 bits per heavy atom. The van der Waals surface area contributed by atoms with Gasteiger partial charge in [0, 0.05) is 12.5 Å². The zero-order valence-electron chi connectivity index (χ0n) is 10.1. The van der Waals surface area contributed by atoms with Crippen molar-refractivity contribution in [3.05, 3.63) is 47.5 Å². The standard InChI is InChI=1S/C14H17N3/c1-11-3-2-4-12(9-11)5-8-14-16-15-10-17(14)13-6-7-13/h2-4,9-10,13H,5-8H2,1H3. The lowest BCUT2D eigenvalue weighted by Gasteiger charge is -2.05. The van der Waals surface area contributed by atoms with Crippen molar-refractivity contribution >= 4 is 0 Å². The summed E-state index contributed by atoms with van der Waals surface area (Å²) in [6.45, 7) is 2.14. The number of hydrogen-bond donors (Lipinski definition) is 0. The summed E-state index contributed by atoms with van der Waals surface area (Å²) in [5, 5.41) is 8.25. The van der Waals surface area contributed by atoms with Crippen LogP contribution in [0.1, 0.15) is 35.8 Å². The predicted molar refractivity (Wildman–Crippen MR) is 66.9 cm³/mol. The van der Waals surface area contributed by atoms with E-state index in [0.29, 0.717) is 6.04 Å². The molecule has 0 N–H and O–H groups in total. The summed E-state index contributed by atoms with van der Waals surface area (Å²) in [4.78, 5) is 0. The molecule has 3 nitrogen and oxygen atoms in total. The lowest BCUT2D eigenvalue weighted by atomic mass is 10.1. The van der Waals surface area contributed by atoms with E-state index in [1.807, 2.05) is 6.33 Å². The van der Waals surface area contributed by atoms with E-state index in [1.165, 1.54) is 24.0 Å². The largest absolute Gasteiger partial charge is 0.314 e. The first-order valence-corrected chi connectivity index (χ1v) is 6.27. The van der Waals surface area contributed by atoms with Gasteiger partial charge in [0.15, 0.2) is 0 Å². The van der Waals surface area contributed by atoms with Crippen LogP contribution < -0.4 is 0 Å². The molecule has 1 aromatic carbocycles. The second kappa shape index (κ2) is 4.32. The van der Waals surface area contributed by atoms with Gasteiger partial charge >= 0.3 is 0 Å². The molecule has 1 aromatic heterocycles. The molecule has 0 aliphatic heterocycles. The molecule has 88 valence electrons. The van der Waals surface area contributed by atoms with Crippen LogP contribution in [0.5, 0.6) is 0 Å². The molecule has 3 heteroatoms. The van der Waals surface area contributed by atoms with Gasteiger partial charge in [-0.1, -0.05) is 29.8 Å². The number of rotatable bonds is 4. The minimum absolute atomic E-state index is 0.678. The van der Waals surface area contributed by atoms with Gasteiger partial charge in [-0.05, 0) is 31.7 Å². The van der Waals surface area contributed by atoms with Gasteiger partial charge in [0.05, 0.1) is 0 Å². The summed E-state index contributed by atoms with van der Waals surface area (Å²) in [6, 6.07) is 9.37. The van der Waals surface area contributed by atoms with Crippen molar-refractivity contribution in [1.82, 2.24) is 14.8 Å². The quantitative estimate of drug-likeness (QED) is 0.804. The third kappa shape index (κ3) is 2.38. The van der Waals surface area contributed by atoms with Crippen LogP contribution in [-0.4, -0.2) is 14.8 Å². The highest BCUT2D eigenvalue weighted by Crippen LogP contribution is 2.35. The zero-order valence-corrected chi connectivity index (χ0v) is 10.1. The highest BCUT2D eigenvalue weighted by atomic mass is 15.3. The molecule has 17 heavy (non-hydrogen) atoms. The third-order valence-electron chi connectivity index (χ3n) is 3.31. The minimum atomic E-state index is 0.678. The zero-order chi connectivity index (χ0) is 11.7. The molecule has 1 fully saturated rings. The van der Waals surface area contributed by atoms with Crippen molar-refractivity contribution in [3.63, 3.8) is 0 Å². The van der Waals surface area contributed by atoms with E-state index in [2.05, 4.69) is 46.0 Å². The van der Waals surface area contributed by atoms with Gasteiger partial charge in [0.25, 0.3) is 0 Å². The summed E-state index contributed by atoms with van der Waals surface area (Å²) >= 11 is 0. The van der Waals surface area contributed by atoms with Crippen LogP contribution in [-0.2, 0) is 12.8 Å². The molecule has 0 spiro atoms. The molecular weight excluding hydrogens is 210 g/mol. The maximum absolute atomic E-state index is 4.23. The van der Waals surface area contributed by atoms with Crippen LogP contribution in [0.2, 0.25) is 0 Å². The van der Waals surface area contributed by atoms with Crippen molar-refractivity contribution in [2.24, 2.45) is 0 Å². The smallest absolute Gasteiger partial charge is 0.133 e. The Balaban J connectivity index is 1.69. The Labute approximate surface area is 101 Å². The molecule has 3 rings (SSSR count). The van der Waals surface area contributed by atoms with E-state index in [0.717, 1.165) is 18.7 Å². The van der Waals surface area contributed by atoms with Crippen LogP contribution in [0, 0.1) is 6.92 Å². The van der Waals surface area contributed by atoms with Crippen LogP contribution in [0.3, 0.4) is 0 Å². The molecular formula is C14H17N3. The molecule has 1 aliphatic carbocycles. The van der Waals surface area contributed by atoms with E-state index in [-0.39, 0.29) is 0 Å². The first-order chi connectivity index (χ1) is 8.33. The van der Waals surface area contributed by atoms with E-state index < -0.39 is 0 Å². The number of aryl methyl sites for hydroxylation is 3. The fourth-order valence-electron chi connectivity index (χ4n) is 2.23. The third-order valence-corrected chi connectivity index (χ3v) is 3.31. The van der Waals surface area contributed by atoms with Gasteiger partial charge in [-0.2, -0.15) is 0 Å². The summed E-state index contributed by atoms with van der Waals surface area (Å²) in [7, 11) is 0. The molecule has 0 amide bonds. The molecule has 1 aliphatic rings. The Morgan fingerprint density at radius 1 is 1.29 bits per heavy atom. The first kappa shape index (κ1) is 10.5. The van der Waals surface area contributed by atoms with Crippen LogP contribution in [0.15, 0.2) is 30.6 Å². The summed E-state index contributed by atoms with van der Waals surface area (Å²) < 4.78 is 2.25. The fourth-order valence-corrected chi connectivity index (χ4v) is 2.23. The van der Waals surface area contributed by atoms with Crippen LogP contribution >= 0.6 is 0 Å². The normalized spacial score (nSPS) is 15.1. The van der Waals surface area contributed by atoms with E-state index in [4.69, 9.17) is 0 Å². The second-order valence-electron chi connectivity index (χ2n) is 4.87. The van der Waals surface area contributed by atoms with Gasteiger partial charge in [-0.15, -0.1) is 10.2 Å². The Bertz CT molecular complexity index is 512. The number of hydrogen-bond acceptors (Lipinski definition) is 2. The number of aromatic nitrogens is 3. The van der Waals surface area contributed by atoms with Crippen molar-refractivity contribution in [2.75, 3.05) is 0 Å². The first-order valence-electron chi connectivity index (χ1n) is 6.27. The number of benzene rings is 1. The topological polar surface area (TPSA) is 30.7 Å². The van der Waals surface area contributed by atoms with Gasteiger partial charge in [0.1, 0.15) is 12.2 Å². The van der Waals surface area contributed by atoms with Crippen LogP contribution in [0.25, 0.3) is 0 Å². The Kier molecular flexibility index (Phi) is 2.67. The maximum atomic E-state index is 4.23. The van der Waals surface area contributed by atoms with E-state index >= 15 is 0 Å². The molecule has 0 atom stereocenters. The molecule has 0 unspecified atom stereocenters. The average molecular weight is 227 g/mol. The lowest BCUT2D eigenvalue weighted by Crippen LogP contribution is -2.02. The van der Waals surface area contributed by atoms with E-state index in [9.17, 15) is 0 Å². The Morgan fingerprint density at radius 3 is 2.94 bits per heavy atom. The Hall–Kier alpha value is -1.64. The monoisotopic (exact) mass is 227 g/mol.